The van der Waals surface area contributed by atoms with Crippen molar-refractivity contribution in [1.29, 1.82) is 0 Å². The van der Waals surface area contributed by atoms with Crippen LogP contribution in [0, 0.1) is 5.92 Å². The van der Waals surface area contributed by atoms with Gasteiger partial charge in [-0.05, 0) is 24.9 Å². The van der Waals surface area contributed by atoms with E-state index in [4.69, 9.17) is 9.47 Å². The predicted molar refractivity (Wildman–Crippen MR) is 88.3 cm³/mol. The van der Waals surface area contributed by atoms with Crippen molar-refractivity contribution in [3.05, 3.63) is 23.8 Å². The molecular weight excluding hydrogens is 316 g/mol. The van der Waals surface area contributed by atoms with Crippen LogP contribution < -0.4 is 9.47 Å². The summed E-state index contributed by atoms with van der Waals surface area (Å²) in [6.07, 6.45) is 2.35. The number of hydrogen-bond donors (Lipinski definition) is 0. The fourth-order valence-electron chi connectivity index (χ4n) is 3.56. The van der Waals surface area contributed by atoms with Crippen molar-refractivity contribution in [2.24, 2.45) is 5.92 Å². The van der Waals surface area contributed by atoms with Crippen molar-refractivity contribution >= 4 is 10.0 Å². The Morgan fingerprint density at radius 3 is 2.65 bits per heavy atom. The summed E-state index contributed by atoms with van der Waals surface area (Å²) in [5.41, 5.74) is 1.09. The van der Waals surface area contributed by atoms with Crippen molar-refractivity contribution in [2.75, 3.05) is 40.1 Å². The monoisotopic (exact) mass is 340 g/mol. The van der Waals surface area contributed by atoms with Gasteiger partial charge in [-0.15, -0.1) is 0 Å². The van der Waals surface area contributed by atoms with E-state index in [9.17, 15) is 8.42 Å². The highest BCUT2D eigenvalue weighted by atomic mass is 32.2. The molecule has 23 heavy (non-hydrogen) atoms. The van der Waals surface area contributed by atoms with Crippen LogP contribution in [0.4, 0.5) is 0 Å². The van der Waals surface area contributed by atoms with Gasteiger partial charge < -0.3 is 9.47 Å². The normalized spacial score (nSPS) is 25.5. The lowest BCUT2D eigenvalue weighted by molar-refractivity contribution is 0.0108. The number of nitrogens with zero attached hydrogens (tertiary/aromatic N) is 2. The third-order valence-electron chi connectivity index (χ3n) is 4.90. The summed E-state index contributed by atoms with van der Waals surface area (Å²) in [7, 11) is 0.200. The molecule has 0 aliphatic carbocycles. The molecule has 2 aliphatic heterocycles. The van der Waals surface area contributed by atoms with Gasteiger partial charge in [0, 0.05) is 37.3 Å². The molecule has 0 radical (unpaired) electrons. The number of rotatable bonds is 5. The lowest BCUT2D eigenvalue weighted by atomic mass is 9.84. The zero-order chi connectivity index (χ0) is 16.6. The van der Waals surface area contributed by atoms with Crippen molar-refractivity contribution in [3.8, 4) is 11.5 Å². The third kappa shape index (κ3) is 3.32. The van der Waals surface area contributed by atoms with Gasteiger partial charge in [-0.1, -0.05) is 6.07 Å². The third-order valence-corrected chi connectivity index (χ3v) is 6.18. The highest BCUT2D eigenvalue weighted by Crippen LogP contribution is 2.35. The molecule has 0 N–H and O–H groups in total. The molecule has 2 atom stereocenters. The Hall–Kier alpha value is -1.31. The number of sulfonamides is 1. The number of methoxy groups -OCH3 is 2. The first-order chi connectivity index (χ1) is 10.9. The number of hydrogen-bond acceptors (Lipinski definition) is 5. The first kappa shape index (κ1) is 16.5. The lowest BCUT2D eigenvalue weighted by Crippen LogP contribution is -2.65. The number of ether oxygens (including phenoxy) is 2. The Labute approximate surface area is 138 Å². The van der Waals surface area contributed by atoms with E-state index in [0.29, 0.717) is 12.5 Å². The molecule has 2 fully saturated rings. The first-order valence-electron chi connectivity index (χ1n) is 7.82. The Morgan fingerprint density at radius 2 is 2.00 bits per heavy atom. The van der Waals surface area contributed by atoms with Crippen LogP contribution in [0.2, 0.25) is 0 Å². The summed E-state index contributed by atoms with van der Waals surface area (Å²) in [6, 6.07) is 5.95. The summed E-state index contributed by atoms with van der Waals surface area (Å²) < 4.78 is 35.9. The summed E-state index contributed by atoms with van der Waals surface area (Å²) in [5, 5.41) is 0. The summed E-state index contributed by atoms with van der Waals surface area (Å²) in [6.45, 7) is 3.22. The van der Waals surface area contributed by atoms with E-state index in [1.54, 1.807) is 18.5 Å². The molecule has 0 spiro atoms. The summed E-state index contributed by atoms with van der Waals surface area (Å²) >= 11 is 0. The molecule has 2 saturated heterocycles. The molecule has 0 amide bonds. The van der Waals surface area contributed by atoms with Gasteiger partial charge in [0.25, 0.3) is 0 Å². The lowest BCUT2D eigenvalue weighted by Gasteiger charge is -2.52. The van der Waals surface area contributed by atoms with E-state index in [2.05, 4.69) is 4.90 Å². The van der Waals surface area contributed by atoms with Crippen LogP contribution in [0.15, 0.2) is 18.2 Å². The minimum absolute atomic E-state index is 0.128. The second-order valence-electron chi connectivity index (χ2n) is 6.36. The number of fused-ring (bicyclic) bond motifs is 1. The molecule has 2 aliphatic rings. The van der Waals surface area contributed by atoms with Gasteiger partial charge in [-0.3, -0.25) is 4.90 Å². The standard InChI is InChI=1S/C16H24N2O4S/c1-21-14-5-4-13(16(8-14)22-2)9-17-7-6-12-10-18(15(12)11-17)23(3,19)20/h4-5,8,12,15H,6-7,9-11H2,1-3H3/t12-,15-/m1/s1. The molecule has 2 heterocycles. The van der Waals surface area contributed by atoms with Crippen molar-refractivity contribution in [3.63, 3.8) is 0 Å². The molecule has 7 heteroatoms. The predicted octanol–water partition coefficient (Wildman–Crippen LogP) is 1.17. The van der Waals surface area contributed by atoms with Crippen LogP contribution >= 0.6 is 0 Å². The Bertz CT molecular complexity index is 677. The van der Waals surface area contributed by atoms with Gasteiger partial charge in [0.1, 0.15) is 11.5 Å². The van der Waals surface area contributed by atoms with Crippen molar-refractivity contribution < 1.29 is 17.9 Å². The van der Waals surface area contributed by atoms with Crippen molar-refractivity contribution in [1.82, 2.24) is 9.21 Å². The van der Waals surface area contributed by atoms with Crippen LogP contribution in [0.1, 0.15) is 12.0 Å². The van der Waals surface area contributed by atoms with E-state index >= 15 is 0 Å². The van der Waals surface area contributed by atoms with E-state index < -0.39 is 10.0 Å². The minimum atomic E-state index is -3.09. The topological polar surface area (TPSA) is 59.1 Å². The van der Waals surface area contributed by atoms with Crippen LogP contribution in [-0.2, 0) is 16.6 Å². The number of benzene rings is 1. The Morgan fingerprint density at radius 1 is 1.22 bits per heavy atom. The van der Waals surface area contributed by atoms with Crippen LogP contribution in [-0.4, -0.2) is 63.8 Å². The van der Waals surface area contributed by atoms with E-state index in [1.807, 2.05) is 18.2 Å². The van der Waals surface area contributed by atoms with Gasteiger partial charge >= 0.3 is 0 Å². The zero-order valence-corrected chi connectivity index (χ0v) is 14.7. The molecule has 3 rings (SSSR count). The Balaban J connectivity index is 1.69. The van der Waals surface area contributed by atoms with E-state index in [1.165, 1.54) is 6.26 Å². The quantitative estimate of drug-likeness (QED) is 0.805. The van der Waals surface area contributed by atoms with Crippen LogP contribution in [0.5, 0.6) is 11.5 Å². The highest BCUT2D eigenvalue weighted by Gasteiger charge is 2.46. The first-order valence-corrected chi connectivity index (χ1v) is 9.67. The molecule has 6 nitrogen and oxygen atoms in total. The van der Waals surface area contributed by atoms with Gasteiger partial charge in [0.2, 0.25) is 10.0 Å². The number of piperidine rings is 1. The van der Waals surface area contributed by atoms with Crippen LogP contribution in [0.25, 0.3) is 0 Å². The Kier molecular flexibility index (Phi) is 4.53. The maximum atomic E-state index is 11.8. The van der Waals surface area contributed by atoms with Crippen molar-refractivity contribution in [2.45, 2.75) is 19.0 Å². The average molecular weight is 340 g/mol. The van der Waals surface area contributed by atoms with Gasteiger partial charge in [0.05, 0.1) is 20.5 Å². The van der Waals surface area contributed by atoms with Gasteiger partial charge in [0.15, 0.2) is 0 Å². The molecule has 0 saturated carbocycles. The van der Waals surface area contributed by atoms with Crippen LogP contribution in [0.3, 0.4) is 0 Å². The zero-order valence-electron chi connectivity index (χ0n) is 13.9. The largest absolute Gasteiger partial charge is 0.497 e. The minimum Gasteiger partial charge on any atom is -0.497 e. The maximum Gasteiger partial charge on any atom is 0.211 e. The second kappa shape index (κ2) is 6.30. The van der Waals surface area contributed by atoms with E-state index in [0.717, 1.165) is 43.1 Å². The smallest absolute Gasteiger partial charge is 0.211 e. The van der Waals surface area contributed by atoms with Gasteiger partial charge in [-0.25, -0.2) is 8.42 Å². The molecule has 1 aromatic rings. The molecule has 0 aromatic heterocycles. The molecule has 1 aromatic carbocycles. The SMILES string of the molecule is COc1ccc(CN2CC[C@@H]3CN(S(C)(=O)=O)[C@@H]3C2)c(OC)c1. The van der Waals surface area contributed by atoms with E-state index in [-0.39, 0.29) is 6.04 Å². The van der Waals surface area contributed by atoms with Gasteiger partial charge in [-0.2, -0.15) is 4.31 Å². The molecule has 128 valence electrons. The fraction of sp³-hybridized carbons (Fsp3) is 0.625. The molecule has 0 bridgehead atoms. The average Bonchev–Trinajstić information content (AvgIpc) is 2.49. The second-order valence-corrected chi connectivity index (χ2v) is 8.30. The maximum absolute atomic E-state index is 11.8. The molecular formula is C16H24N2O4S. The summed E-state index contributed by atoms with van der Waals surface area (Å²) in [5.74, 6) is 2.09. The fourth-order valence-corrected chi connectivity index (χ4v) is 4.75. The highest BCUT2D eigenvalue weighted by molar-refractivity contribution is 7.88. The molecule has 0 unspecified atom stereocenters. The summed E-state index contributed by atoms with van der Waals surface area (Å²) in [4.78, 5) is 2.31. The number of likely N-dealkylation sites (tertiary alicyclic amines) is 1.